The number of likely N-dealkylation sites (N-methyl/N-ethyl adjacent to an activating group) is 1. The zero-order chi connectivity index (χ0) is 13.1. The van der Waals surface area contributed by atoms with Crippen LogP contribution in [0.5, 0.6) is 0 Å². The van der Waals surface area contributed by atoms with E-state index in [0.717, 1.165) is 13.0 Å². The standard InChI is InChI=1S/C16H20N2O/c1-9-8-18(2)13-6-10-7-17-12-5-3-4-11(14(10)12)15(13)16(9)19/h3-5,7,9,13,15-17,19H,6,8H2,1-2H3/t9-,13-,15?,16+/m1/s1. The van der Waals surface area contributed by atoms with E-state index in [0.29, 0.717) is 12.0 Å². The van der Waals surface area contributed by atoms with Crippen molar-refractivity contribution < 1.29 is 5.11 Å². The van der Waals surface area contributed by atoms with E-state index in [1.54, 1.807) is 0 Å². The predicted octanol–water partition coefficient (Wildman–Crippen LogP) is 2.12. The molecule has 4 rings (SSSR count). The molecular weight excluding hydrogens is 236 g/mol. The molecule has 2 heterocycles. The molecule has 2 aromatic rings. The third kappa shape index (κ3) is 1.46. The average molecular weight is 256 g/mol. The predicted molar refractivity (Wildman–Crippen MR) is 76.3 cm³/mol. The molecule has 0 radical (unpaired) electrons. The van der Waals surface area contributed by atoms with Crippen molar-refractivity contribution >= 4 is 10.9 Å². The van der Waals surface area contributed by atoms with Gasteiger partial charge in [-0.1, -0.05) is 19.1 Å². The SMILES string of the molecule is C[C@@H]1CN(C)[C@@H]2Cc3c[nH]c4cccc(c34)C2[C@H]1O. The van der Waals surface area contributed by atoms with E-state index in [4.69, 9.17) is 0 Å². The molecule has 2 aliphatic rings. The van der Waals surface area contributed by atoms with E-state index in [1.165, 1.54) is 22.0 Å². The number of likely N-dealkylation sites (tertiary alicyclic amines) is 1. The highest BCUT2D eigenvalue weighted by Gasteiger charge is 2.43. The van der Waals surface area contributed by atoms with Crippen molar-refractivity contribution in [2.24, 2.45) is 5.92 Å². The number of benzene rings is 1. The first-order chi connectivity index (χ1) is 9.16. The van der Waals surface area contributed by atoms with Crippen LogP contribution in [0.15, 0.2) is 24.4 Å². The number of fused-ring (bicyclic) bond motifs is 2. The Morgan fingerprint density at radius 1 is 1.37 bits per heavy atom. The Kier molecular flexibility index (Phi) is 2.32. The number of aliphatic hydroxyl groups is 1. The maximum atomic E-state index is 10.7. The number of aromatic amines is 1. The van der Waals surface area contributed by atoms with Crippen LogP contribution in [0.3, 0.4) is 0 Å². The van der Waals surface area contributed by atoms with Gasteiger partial charge in [0.25, 0.3) is 0 Å². The highest BCUT2D eigenvalue weighted by atomic mass is 16.3. The van der Waals surface area contributed by atoms with Crippen molar-refractivity contribution in [3.8, 4) is 0 Å². The molecule has 1 aliphatic carbocycles. The highest BCUT2D eigenvalue weighted by molar-refractivity contribution is 5.88. The Morgan fingerprint density at radius 2 is 2.21 bits per heavy atom. The lowest BCUT2D eigenvalue weighted by molar-refractivity contribution is -0.0112. The number of aliphatic hydroxyl groups excluding tert-OH is 1. The van der Waals surface area contributed by atoms with E-state index in [1.807, 2.05) is 0 Å². The van der Waals surface area contributed by atoms with Crippen LogP contribution >= 0.6 is 0 Å². The molecule has 1 aromatic heterocycles. The summed E-state index contributed by atoms with van der Waals surface area (Å²) in [5.41, 5.74) is 3.94. The minimum absolute atomic E-state index is 0.227. The Hall–Kier alpha value is -1.32. The number of nitrogens with zero attached hydrogens (tertiary/aromatic N) is 1. The topological polar surface area (TPSA) is 39.3 Å². The van der Waals surface area contributed by atoms with Crippen LogP contribution in [-0.4, -0.2) is 40.7 Å². The van der Waals surface area contributed by atoms with Gasteiger partial charge in [0.2, 0.25) is 0 Å². The molecule has 0 amide bonds. The molecule has 19 heavy (non-hydrogen) atoms. The number of piperidine rings is 1. The zero-order valence-corrected chi connectivity index (χ0v) is 11.4. The molecule has 1 fully saturated rings. The lowest BCUT2D eigenvalue weighted by atomic mass is 9.71. The van der Waals surface area contributed by atoms with Crippen LogP contribution in [0.4, 0.5) is 0 Å². The molecule has 1 aromatic carbocycles. The first-order valence-corrected chi connectivity index (χ1v) is 7.14. The van der Waals surface area contributed by atoms with Crippen LogP contribution in [0, 0.1) is 5.92 Å². The summed E-state index contributed by atoms with van der Waals surface area (Å²) in [7, 11) is 2.19. The number of aromatic nitrogens is 1. The second kappa shape index (κ2) is 3.84. The molecule has 1 unspecified atom stereocenters. The van der Waals surface area contributed by atoms with Gasteiger partial charge < -0.3 is 15.0 Å². The molecule has 0 saturated carbocycles. The van der Waals surface area contributed by atoms with Crippen molar-refractivity contribution in [1.29, 1.82) is 0 Å². The summed E-state index contributed by atoms with van der Waals surface area (Å²) in [5, 5.41) is 12.0. The molecule has 3 nitrogen and oxygen atoms in total. The van der Waals surface area contributed by atoms with Gasteiger partial charge in [0.1, 0.15) is 0 Å². The molecule has 100 valence electrons. The molecular formula is C16H20N2O. The Morgan fingerprint density at radius 3 is 3.05 bits per heavy atom. The summed E-state index contributed by atoms with van der Waals surface area (Å²) in [4.78, 5) is 5.80. The Bertz CT molecular complexity index is 633. The summed E-state index contributed by atoms with van der Waals surface area (Å²) in [6.07, 6.45) is 2.96. The van der Waals surface area contributed by atoms with Crippen molar-refractivity contribution in [3.63, 3.8) is 0 Å². The molecule has 4 atom stereocenters. The second-order valence-electron chi connectivity index (χ2n) is 6.29. The normalized spacial score (nSPS) is 34.5. The fourth-order valence-electron chi connectivity index (χ4n) is 4.18. The third-order valence-corrected chi connectivity index (χ3v) is 5.12. The second-order valence-corrected chi connectivity index (χ2v) is 6.29. The van der Waals surface area contributed by atoms with Crippen molar-refractivity contribution in [1.82, 2.24) is 9.88 Å². The molecule has 2 N–H and O–H groups in total. The fraction of sp³-hybridized carbons (Fsp3) is 0.500. The molecule has 1 saturated heterocycles. The van der Waals surface area contributed by atoms with Gasteiger partial charge in [-0.25, -0.2) is 0 Å². The van der Waals surface area contributed by atoms with Gasteiger partial charge in [0, 0.05) is 35.6 Å². The van der Waals surface area contributed by atoms with Gasteiger partial charge in [-0.15, -0.1) is 0 Å². The van der Waals surface area contributed by atoms with E-state index < -0.39 is 0 Å². The Labute approximate surface area is 113 Å². The van der Waals surface area contributed by atoms with Crippen molar-refractivity contribution in [3.05, 3.63) is 35.5 Å². The number of nitrogens with one attached hydrogen (secondary N) is 1. The van der Waals surface area contributed by atoms with Crippen LogP contribution in [0.1, 0.15) is 24.0 Å². The van der Waals surface area contributed by atoms with E-state index in [-0.39, 0.29) is 12.0 Å². The summed E-state index contributed by atoms with van der Waals surface area (Å²) in [6.45, 7) is 3.14. The van der Waals surface area contributed by atoms with Crippen molar-refractivity contribution in [2.75, 3.05) is 13.6 Å². The molecule has 0 bridgehead atoms. The quantitative estimate of drug-likeness (QED) is 0.758. The maximum absolute atomic E-state index is 10.7. The van der Waals surface area contributed by atoms with Gasteiger partial charge in [0.05, 0.1) is 6.10 Å². The van der Waals surface area contributed by atoms with E-state index in [2.05, 4.69) is 48.3 Å². The number of rotatable bonds is 0. The lowest BCUT2D eigenvalue weighted by Crippen LogP contribution is -2.54. The van der Waals surface area contributed by atoms with Gasteiger partial charge in [-0.3, -0.25) is 0 Å². The summed E-state index contributed by atoms with van der Waals surface area (Å²) in [6, 6.07) is 6.86. The van der Waals surface area contributed by atoms with Gasteiger partial charge in [0.15, 0.2) is 0 Å². The summed E-state index contributed by atoms with van der Waals surface area (Å²) >= 11 is 0. The van der Waals surface area contributed by atoms with Crippen LogP contribution in [-0.2, 0) is 6.42 Å². The fourth-order valence-corrected chi connectivity index (χ4v) is 4.18. The summed E-state index contributed by atoms with van der Waals surface area (Å²) < 4.78 is 0. The summed E-state index contributed by atoms with van der Waals surface area (Å²) in [5.74, 6) is 0.586. The first kappa shape index (κ1) is 11.5. The van der Waals surface area contributed by atoms with Gasteiger partial charge >= 0.3 is 0 Å². The molecule has 3 heteroatoms. The average Bonchev–Trinajstić information content (AvgIpc) is 2.81. The van der Waals surface area contributed by atoms with E-state index >= 15 is 0 Å². The molecule has 1 aliphatic heterocycles. The van der Waals surface area contributed by atoms with Gasteiger partial charge in [-0.2, -0.15) is 0 Å². The zero-order valence-electron chi connectivity index (χ0n) is 11.4. The maximum Gasteiger partial charge on any atom is 0.0661 e. The Balaban J connectivity index is 1.94. The van der Waals surface area contributed by atoms with Crippen LogP contribution in [0.2, 0.25) is 0 Å². The number of hydrogen-bond acceptors (Lipinski definition) is 2. The number of H-pyrrole nitrogens is 1. The minimum atomic E-state index is -0.227. The molecule has 0 spiro atoms. The lowest BCUT2D eigenvalue weighted by Gasteiger charge is -2.47. The largest absolute Gasteiger partial charge is 0.392 e. The van der Waals surface area contributed by atoms with Gasteiger partial charge in [-0.05, 0) is 36.6 Å². The first-order valence-electron chi connectivity index (χ1n) is 7.14. The van der Waals surface area contributed by atoms with Crippen LogP contribution in [0.25, 0.3) is 10.9 Å². The van der Waals surface area contributed by atoms with Crippen molar-refractivity contribution in [2.45, 2.75) is 31.4 Å². The number of hydrogen-bond donors (Lipinski definition) is 2. The third-order valence-electron chi connectivity index (χ3n) is 5.12. The highest BCUT2D eigenvalue weighted by Crippen LogP contribution is 2.44. The monoisotopic (exact) mass is 256 g/mol. The minimum Gasteiger partial charge on any atom is -0.392 e. The smallest absolute Gasteiger partial charge is 0.0661 e. The van der Waals surface area contributed by atoms with Crippen LogP contribution < -0.4 is 0 Å². The van der Waals surface area contributed by atoms with E-state index in [9.17, 15) is 5.11 Å².